The number of benzene rings is 2. The molecule has 0 aliphatic rings. The molecule has 0 fully saturated rings. The van der Waals surface area contributed by atoms with E-state index in [0.29, 0.717) is 22.9 Å². The van der Waals surface area contributed by atoms with E-state index in [-0.39, 0.29) is 24.8 Å². The van der Waals surface area contributed by atoms with Gasteiger partial charge in [-0.15, -0.1) is 0 Å². The van der Waals surface area contributed by atoms with Crippen LogP contribution in [-0.2, 0) is 9.59 Å². The number of nitrogens with one attached hydrogen (secondary N) is 2. The van der Waals surface area contributed by atoms with Crippen molar-refractivity contribution in [2.45, 2.75) is 6.42 Å². The Morgan fingerprint density at radius 1 is 0.960 bits per heavy atom. The maximum atomic E-state index is 11.3. The van der Waals surface area contributed by atoms with E-state index in [2.05, 4.69) is 15.5 Å². The third-order valence-electron chi connectivity index (χ3n) is 2.97. The Hall–Kier alpha value is -3.84. The minimum Gasteiger partial charge on any atom is -0.457 e. The maximum absolute atomic E-state index is 11.3. The van der Waals surface area contributed by atoms with Gasteiger partial charge in [0.15, 0.2) is 0 Å². The highest BCUT2D eigenvalue weighted by atomic mass is 16.5. The summed E-state index contributed by atoms with van der Waals surface area (Å²) in [4.78, 5) is 25.7. The van der Waals surface area contributed by atoms with Crippen LogP contribution in [0, 0.1) is 17.9 Å². The van der Waals surface area contributed by atoms with Crippen LogP contribution in [0.5, 0.6) is 11.5 Å². The Balaban J connectivity index is 1.94. The molecule has 2 amide bonds. The van der Waals surface area contributed by atoms with Crippen molar-refractivity contribution in [1.29, 1.82) is 5.26 Å². The minimum absolute atomic E-state index is 0.197. The summed E-state index contributed by atoms with van der Waals surface area (Å²) < 4.78 is 5.67. The Labute approximate surface area is 144 Å². The lowest BCUT2D eigenvalue weighted by Gasteiger charge is -2.08. The molecule has 0 saturated heterocycles. The second kappa shape index (κ2) is 8.70. The number of carbonyl (C=O) groups excluding carboxylic acids is 2. The molecule has 7 heteroatoms. The molecule has 7 nitrogen and oxygen atoms in total. The number of nitrogens with zero attached hydrogens (tertiary/aromatic N) is 2. The van der Waals surface area contributed by atoms with Crippen molar-refractivity contribution in [3.8, 4) is 17.6 Å². The van der Waals surface area contributed by atoms with Gasteiger partial charge in [0.2, 0.25) is 5.91 Å². The smallest absolute Gasteiger partial charge is 0.304 e. The van der Waals surface area contributed by atoms with E-state index in [1.807, 2.05) is 0 Å². The zero-order valence-corrected chi connectivity index (χ0v) is 13.2. The molecule has 0 aliphatic heterocycles. The molecular formula is C18H14N4O3. The molecule has 25 heavy (non-hydrogen) atoms. The van der Waals surface area contributed by atoms with Gasteiger partial charge in [0.1, 0.15) is 17.9 Å². The number of hydrogen-bond acceptors (Lipinski definition) is 4. The summed E-state index contributed by atoms with van der Waals surface area (Å²) in [5.74, 6) is 0.414. The third kappa shape index (κ3) is 5.70. The summed E-state index contributed by atoms with van der Waals surface area (Å²) >= 11 is 0. The van der Waals surface area contributed by atoms with Gasteiger partial charge < -0.3 is 20.2 Å². The topological polar surface area (TPSA) is 95.6 Å². The summed E-state index contributed by atoms with van der Waals surface area (Å²) in [6.45, 7) is 6.43. The normalized spacial score (nSPS) is 9.36. The fourth-order valence-electron chi connectivity index (χ4n) is 1.90. The molecule has 0 saturated carbocycles. The van der Waals surface area contributed by atoms with Gasteiger partial charge in [-0.05, 0) is 48.5 Å². The minimum atomic E-state index is -0.368. The number of ether oxygens (including phenoxy) is 1. The summed E-state index contributed by atoms with van der Waals surface area (Å²) in [6.07, 6.45) is -0.197. The Bertz CT molecular complexity index is 759. The number of hydrogen-bond donors (Lipinski definition) is 2. The molecule has 0 atom stereocenters. The molecule has 0 aromatic heterocycles. The van der Waals surface area contributed by atoms with E-state index < -0.39 is 0 Å². The number of rotatable bonds is 6. The fraction of sp³-hybridized carbons (Fsp3) is 0.111. The van der Waals surface area contributed by atoms with Gasteiger partial charge in [-0.25, -0.2) is 6.57 Å². The fourth-order valence-corrected chi connectivity index (χ4v) is 1.90. The van der Waals surface area contributed by atoms with E-state index in [0.717, 1.165) is 0 Å². The van der Waals surface area contributed by atoms with E-state index in [9.17, 15) is 9.59 Å². The van der Waals surface area contributed by atoms with Crippen molar-refractivity contribution in [3.63, 3.8) is 0 Å². The lowest BCUT2D eigenvalue weighted by Crippen LogP contribution is -2.13. The Kier molecular flexibility index (Phi) is 6.10. The van der Waals surface area contributed by atoms with Crippen LogP contribution in [0.25, 0.3) is 4.85 Å². The highest BCUT2D eigenvalue weighted by Gasteiger charge is 2.05. The molecule has 0 heterocycles. The molecule has 0 aliphatic carbocycles. The van der Waals surface area contributed by atoms with Crippen molar-refractivity contribution >= 4 is 23.2 Å². The third-order valence-corrected chi connectivity index (χ3v) is 2.97. The average Bonchev–Trinajstić information content (AvgIpc) is 2.59. The van der Waals surface area contributed by atoms with Gasteiger partial charge in [-0.2, -0.15) is 5.26 Å². The molecule has 0 spiro atoms. The van der Waals surface area contributed by atoms with Crippen LogP contribution in [0.2, 0.25) is 0 Å². The Morgan fingerprint density at radius 3 is 1.88 bits per heavy atom. The van der Waals surface area contributed by atoms with Crippen LogP contribution in [0.4, 0.5) is 11.4 Å². The van der Waals surface area contributed by atoms with Gasteiger partial charge in [0, 0.05) is 11.4 Å². The largest absolute Gasteiger partial charge is 0.457 e. The summed E-state index contributed by atoms with van der Waals surface area (Å²) in [6, 6.07) is 15.2. The first-order chi connectivity index (χ1) is 12.1. The quantitative estimate of drug-likeness (QED) is 0.793. The van der Waals surface area contributed by atoms with Crippen molar-refractivity contribution in [2.24, 2.45) is 0 Å². The predicted molar refractivity (Wildman–Crippen MR) is 91.9 cm³/mol. The molecule has 0 radical (unpaired) electrons. The summed E-state index contributed by atoms with van der Waals surface area (Å²) in [5, 5.41) is 13.6. The van der Waals surface area contributed by atoms with Crippen LogP contribution < -0.4 is 15.4 Å². The van der Waals surface area contributed by atoms with Crippen LogP contribution in [-0.4, -0.2) is 18.4 Å². The van der Waals surface area contributed by atoms with Crippen LogP contribution in [0.15, 0.2) is 48.5 Å². The highest BCUT2D eigenvalue weighted by Crippen LogP contribution is 2.24. The number of carbonyl (C=O) groups is 2. The standard InChI is InChI=1S/C18H14N4O3/c1-20-12-18(24)22-14-4-8-16(9-5-14)25-15-6-2-13(3-7-15)21-17(23)10-11-19/h2-9H,10,12H2,(H,21,23)(H,22,24). The van der Waals surface area contributed by atoms with Gasteiger partial charge >= 0.3 is 5.91 Å². The van der Waals surface area contributed by atoms with Gasteiger partial charge in [0.25, 0.3) is 6.54 Å². The summed E-state index contributed by atoms with van der Waals surface area (Å²) in [7, 11) is 0. The number of amides is 2. The average molecular weight is 334 g/mol. The first-order valence-corrected chi connectivity index (χ1v) is 7.28. The molecule has 2 rings (SSSR count). The number of nitriles is 1. The van der Waals surface area contributed by atoms with Crippen LogP contribution >= 0.6 is 0 Å². The van der Waals surface area contributed by atoms with Crippen molar-refractivity contribution < 1.29 is 14.3 Å². The Morgan fingerprint density at radius 2 is 1.44 bits per heavy atom. The monoisotopic (exact) mass is 334 g/mol. The van der Waals surface area contributed by atoms with E-state index in [4.69, 9.17) is 16.6 Å². The molecule has 2 aromatic rings. The molecule has 124 valence electrons. The van der Waals surface area contributed by atoms with Crippen molar-refractivity contribution in [2.75, 3.05) is 17.2 Å². The van der Waals surface area contributed by atoms with Crippen molar-refractivity contribution in [3.05, 3.63) is 59.9 Å². The van der Waals surface area contributed by atoms with E-state index in [1.54, 1.807) is 54.6 Å². The van der Waals surface area contributed by atoms with Crippen molar-refractivity contribution in [1.82, 2.24) is 0 Å². The van der Waals surface area contributed by atoms with Gasteiger partial charge in [-0.3, -0.25) is 9.59 Å². The van der Waals surface area contributed by atoms with E-state index in [1.165, 1.54) is 0 Å². The molecule has 0 bridgehead atoms. The van der Waals surface area contributed by atoms with Crippen LogP contribution in [0.1, 0.15) is 6.42 Å². The van der Waals surface area contributed by atoms with Gasteiger partial charge in [-0.1, -0.05) is 0 Å². The van der Waals surface area contributed by atoms with Crippen LogP contribution in [0.3, 0.4) is 0 Å². The highest BCUT2D eigenvalue weighted by molar-refractivity contribution is 5.93. The summed E-state index contributed by atoms with van der Waals surface area (Å²) in [5.41, 5.74) is 1.15. The second-order valence-corrected chi connectivity index (χ2v) is 4.90. The van der Waals surface area contributed by atoms with Gasteiger partial charge in [0.05, 0.1) is 6.07 Å². The lowest BCUT2D eigenvalue weighted by molar-refractivity contribution is -0.115. The molecule has 2 aromatic carbocycles. The molecule has 2 N–H and O–H groups in total. The second-order valence-electron chi connectivity index (χ2n) is 4.90. The molecular weight excluding hydrogens is 320 g/mol. The lowest BCUT2D eigenvalue weighted by atomic mass is 10.2. The number of anilines is 2. The first kappa shape index (κ1) is 17.5. The molecule has 0 unspecified atom stereocenters. The maximum Gasteiger partial charge on any atom is 0.304 e. The predicted octanol–water partition coefficient (Wildman–Crippen LogP) is 3.19. The zero-order chi connectivity index (χ0) is 18.1. The zero-order valence-electron chi connectivity index (χ0n) is 13.2. The first-order valence-electron chi connectivity index (χ1n) is 7.28. The SMILES string of the molecule is [C-]#[N+]CC(=O)Nc1ccc(Oc2ccc(NC(=O)CC#N)cc2)cc1. The van der Waals surface area contributed by atoms with E-state index >= 15 is 0 Å².